The predicted octanol–water partition coefficient (Wildman–Crippen LogP) is 4.90. The maximum Gasteiger partial charge on any atom is 0.416 e. The Bertz CT molecular complexity index is 903. The van der Waals surface area contributed by atoms with Crippen LogP contribution in [0.25, 0.3) is 0 Å². The van der Waals surface area contributed by atoms with E-state index < -0.39 is 17.6 Å². The lowest BCUT2D eigenvalue weighted by Gasteiger charge is -2.33. The largest absolute Gasteiger partial charge is 0.416 e. The quantitative estimate of drug-likeness (QED) is 0.704. The number of nitrogens with zero attached hydrogens (tertiary/aromatic N) is 2. The summed E-state index contributed by atoms with van der Waals surface area (Å²) in [6, 6.07) is 10.3. The highest BCUT2D eigenvalue weighted by Crippen LogP contribution is 2.30. The molecule has 1 heterocycles. The summed E-state index contributed by atoms with van der Waals surface area (Å²) in [5.41, 5.74) is 2.12. The molecule has 1 amide bonds. The number of amides is 1. The highest BCUT2D eigenvalue weighted by molar-refractivity contribution is 6.04. The second kappa shape index (κ2) is 9.83. The van der Waals surface area contributed by atoms with Crippen molar-refractivity contribution in [3.8, 4) is 0 Å². The van der Waals surface area contributed by atoms with E-state index in [-0.39, 0.29) is 5.69 Å². The van der Waals surface area contributed by atoms with Crippen LogP contribution in [0.15, 0.2) is 42.5 Å². The second-order valence-corrected chi connectivity index (χ2v) is 8.69. The molecule has 0 unspecified atom stereocenters. The molecule has 0 aliphatic carbocycles. The number of piperazine rings is 1. The van der Waals surface area contributed by atoms with E-state index in [1.54, 1.807) is 6.07 Å². The monoisotopic (exact) mass is 433 g/mol. The summed E-state index contributed by atoms with van der Waals surface area (Å²) in [4.78, 5) is 17.5. The predicted molar refractivity (Wildman–Crippen MR) is 117 cm³/mol. The molecule has 1 fully saturated rings. The lowest BCUT2D eigenvalue weighted by Crippen LogP contribution is -2.44. The number of hydrogen-bond donors (Lipinski definition) is 1. The van der Waals surface area contributed by atoms with Gasteiger partial charge in [0.25, 0.3) is 5.91 Å². The normalized spacial score (nSPS) is 16.0. The fourth-order valence-electron chi connectivity index (χ4n) is 3.77. The van der Waals surface area contributed by atoms with E-state index in [0.717, 1.165) is 56.8 Å². The van der Waals surface area contributed by atoms with Gasteiger partial charge >= 0.3 is 6.18 Å². The number of rotatable bonds is 6. The van der Waals surface area contributed by atoms with E-state index in [0.29, 0.717) is 11.5 Å². The summed E-state index contributed by atoms with van der Waals surface area (Å²) in [5.74, 6) is 0.0171. The lowest BCUT2D eigenvalue weighted by molar-refractivity contribution is -0.137. The molecule has 0 spiro atoms. The summed E-state index contributed by atoms with van der Waals surface area (Å²) in [6.45, 7) is 9.20. The van der Waals surface area contributed by atoms with Crippen LogP contribution in [0.4, 0.5) is 18.9 Å². The van der Waals surface area contributed by atoms with Gasteiger partial charge in [-0.15, -0.1) is 0 Å². The van der Waals surface area contributed by atoms with Crippen molar-refractivity contribution in [1.82, 2.24) is 9.80 Å². The van der Waals surface area contributed by atoms with E-state index in [1.807, 2.05) is 12.1 Å². The third kappa shape index (κ3) is 6.55. The van der Waals surface area contributed by atoms with E-state index in [4.69, 9.17) is 0 Å². The number of carbonyl (C=O) groups is 1. The van der Waals surface area contributed by atoms with E-state index in [2.05, 4.69) is 36.0 Å². The van der Waals surface area contributed by atoms with Gasteiger partial charge in [0.1, 0.15) is 0 Å². The molecule has 0 bridgehead atoms. The van der Waals surface area contributed by atoms with E-state index in [1.165, 1.54) is 17.7 Å². The fourth-order valence-corrected chi connectivity index (χ4v) is 3.77. The van der Waals surface area contributed by atoms with Crippen LogP contribution in [0, 0.1) is 5.92 Å². The molecule has 0 radical (unpaired) electrons. The van der Waals surface area contributed by atoms with E-state index >= 15 is 0 Å². The van der Waals surface area contributed by atoms with Crippen LogP contribution in [0.2, 0.25) is 0 Å². The van der Waals surface area contributed by atoms with Crippen molar-refractivity contribution in [2.75, 3.05) is 38.5 Å². The zero-order valence-corrected chi connectivity index (χ0v) is 18.3. The summed E-state index contributed by atoms with van der Waals surface area (Å²) in [6.07, 6.45) is -3.61. The third-order valence-corrected chi connectivity index (χ3v) is 5.53. The topological polar surface area (TPSA) is 35.6 Å². The van der Waals surface area contributed by atoms with Crippen molar-refractivity contribution < 1.29 is 18.0 Å². The van der Waals surface area contributed by atoms with Gasteiger partial charge in [-0.25, -0.2) is 0 Å². The molecule has 0 atom stereocenters. The number of likely N-dealkylation sites (N-methyl/N-ethyl adjacent to an activating group) is 1. The zero-order valence-electron chi connectivity index (χ0n) is 18.3. The number of anilines is 1. The maximum absolute atomic E-state index is 12.9. The minimum Gasteiger partial charge on any atom is -0.322 e. The van der Waals surface area contributed by atoms with Crippen molar-refractivity contribution in [2.45, 2.75) is 33.0 Å². The number of benzene rings is 2. The summed E-state index contributed by atoms with van der Waals surface area (Å²) in [5, 5.41) is 2.60. The van der Waals surface area contributed by atoms with Crippen molar-refractivity contribution in [3.63, 3.8) is 0 Å². The average molecular weight is 434 g/mol. The highest BCUT2D eigenvalue weighted by Gasteiger charge is 2.30. The van der Waals surface area contributed by atoms with Crippen molar-refractivity contribution >= 4 is 11.6 Å². The van der Waals surface area contributed by atoms with Gasteiger partial charge in [-0.05, 0) is 60.8 Å². The average Bonchev–Trinajstić information content (AvgIpc) is 2.70. The Morgan fingerprint density at radius 1 is 1.03 bits per heavy atom. The Kier molecular flexibility index (Phi) is 7.38. The molecule has 31 heavy (non-hydrogen) atoms. The van der Waals surface area contributed by atoms with Gasteiger partial charge in [-0.1, -0.05) is 26.0 Å². The van der Waals surface area contributed by atoms with Crippen molar-refractivity contribution in [2.24, 2.45) is 5.92 Å². The van der Waals surface area contributed by atoms with Gasteiger partial charge in [0.15, 0.2) is 0 Å². The van der Waals surface area contributed by atoms with Crippen LogP contribution >= 0.6 is 0 Å². The van der Waals surface area contributed by atoms with Gasteiger partial charge in [-0.3, -0.25) is 9.69 Å². The molecular formula is C24H30F3N3O. The number of carbonyl (C=O) groups excluding carboxylic acids is 1. The number of nitrogens with one attached hydrogen (secondary N) is 1. The van der Waals surface area contributed by atoms with Crippen molar-refractivity contribution in [3.05, 3.63) is 64.7 Å². The molecule has 2 aromatic rings. The summed E-state index contributed by atoms with van der Waals surface area (Å²) < 4.78 is 38.8. The van der Waals surface area contributed by atoms with Gasteiger partial charge in [0, 0.05) is 44.0 Å². The zero-order chi connectivity index (χ0) is 22.6. The molecule has 1 aliphatic rings. The van der Waals surface area contributed by atoms with Crippen LogP contribution in [0.3, 0.4) is 0 Å². The van der Waals surface area contributed by atoms with Crippen LogP contribution in [0.1, 0.15) is 40.9 Å². The van der Waals surface area contributed by atoms with Crippen LogP contribution in [-0.4, -0.2) is 48.9 Å². The molecule has 4 nitrogen and oxygen atoms in total. The van der Waals surface area contributed by atoms with Crippen molar-refractivity contribution in [1.29, 1.82) is 0 Å². The molecule has 168 valence electrons. The standard InChI is InChI=1S/C24H30F3N3O/c1-17(2)13-20-14-18(7-8-19(20)16-30-11-9-29(3)10-12-30)23(31)28-22-6-4-5-21(15-22)24(25,26)27/h4-8,14-15,17H,9-13,16H2,1-3H3,(H,28,31). The van der Waals surface area contributed by atoms with Crippen LogP contribution in [0.5, 0.6) is 0 Å². The second-order valence-electron chi connectivity index (χ2n) is 8.69. The molecular weight excluding hydrogens is 403 g/mol. The minimum absolute atomic E-state index is 0.131. The first-order chi connectivity index (χ1) is 14.6. The third-order valence-electron chi connectivity index (χ3n) is 5.53. The molecule has 1 aliphatic heterocycles. The first-order valence-corrected chi connectivity index (χ1v) is 10.6. The summed E-state index contributed by atoms with van der Waals surface area (Å²) >= 11 is 0. The van der Waals surface area contributed by atoms with E-state index in [9.17, 15) is 18.0 Å². The molecule has 1 saturated heterocycles. The van der Waals surface area contributed by atoms with Gasteiger partial charge < -0.3 is 10.2 Å². The summed E-state index contributed by atoms with van der Waals surface area (Å²) in [7, 11) is 2.12. The number of halogens is 3. The molecule has 0 saturated carbocycles. The molecule has 1 N–H and O–H groups in total. The lowest BCUT2D eigenvalue weighted by atomic mass is 9.95. The Morgan fingerprint density at radius 3 is 2.39 bits per heavy atom. The first-order valence-electron chi connectivity index (χ1n) is 10.6. The Labute approximate surface area is 182 Å². The Hall–Kier alpha value is -2.38. The molecule has 7 heteroatoms. The molecule has 0 aromatic heterocycles. The van der Waals surface area contributed by atoms with Crippen LogP contribution < -0.4 is 5.32 Å². The van der Waals surface area contributed by atoms with Gasteiger partial charge in [-0.2, -0.15) is 13.2 Å². The first kappa shape index (κ1) is 23.3. The Balaban J connectivity index is 1.77. The fraction of sp³-hybridized carbons (Fsp3) is 0.458. The number of hydrogen-bond acceptors (Lipinski definition) is 3. The maximum atomic E-state index is 12.9. The Morgan fingerprint density at radius 2 is 1.74 bits per heavy atom. The van der Waals surface area contributed by atoms with Gasteiger partial charge in [0.2, 0.25) is 0 Å². The molecule has 2 aromatic carbocycles. The smallest absolute Gasteiger partial charge is 0.322 e. The SMILES string of the molecule is CC(C)Cc1cc(C(=O)Nc2cccc(C(F)(F)F)c2)ccc1CN1CCN(C)CC1. The highest BCUT2D eigenvalue weighted by atomic mass is 19.4. The number of alkyl halides is 3. The molecule has 3 rings (SSSR count). The van der Waals surface area contributed by atoms with Gasteiger partial charge in [0.05, 0.1) is 5.56 Å². The minimum atomic E-state index is -4.45. The van der Waals surface area contributed by atoms with Crippen LogP contribution in [-0.2, 0) is 19.1 Å².